The molecule has 0 bridgehead atoms. The summed E-state index contributed by atoms with van der Waals surface area (Å²) in [6.07, 6.45) is 2.40. The lowest BCUT2D eigenvalue weighted by Gasteiger charge is -2.17. The minimum Gasteiger partial charge on any atom is -0.496 e. The van der Waals surface area contributed by atoms with Crippen LogP contribution in [0.25, 0.3) is 0 Å². The molecule has 0 aliphatic carbocycles. The quantitative estimate of drug-likeness (QED) is 0.747. The van der Waals surface area contributed by atoms with Crippen molar-refractivity contribution in [2.24, 2.45) is 0 Å². The third-order valence-corrected chi connectivity index (χ3v) is 7.14. The number of anilines is 1. The van der Waals surface area contributed by atoms with Gasteiger partial charge >= 0.3 is 0 Å². The third kappa shape index (κ3) is 4.97. The Balaban J connectivity index is 1.74. The molecule has 1 fully saturated rings. The average Bonchev–Trinajstić information content (AvgIpc) is 3.24. The highest BCUT2D eigenvalue weighted by Crippen LogP contribution is 2.27. The highest BCUT2D eigenvalue weighted by atomic mass is 32.2. The number of aryl methyl sites for hydroxylation is 3. The van der Waals surface area contributed by atoms with E-state index in [-0.39, 0.29) is 17.2 Å². The predicted octanol–water partition coefficient (Wildman–Crippen LogP) is 3.67. The van der Waals surface area contributed by atoms with Crippen molar-refractivity contribution in [2.75, 3.05) is 25.5 Å². The van der Waals surface area contributed by atoms with Gasteiger partial charge in [0, 0.05) is 25.2 Å². The summed E-state index contributed by atoms with van der Waals surface area (Å²) in [5.41, 5.74) is 3.59. The van der Waals surface area contributed by atoms with Crippen LogP contribution >= 0.6 is 0 Å². The fourth-order valence-corrected chi connectivity index (χ4v) is 5.09. The molecule has 2 aromatic rings. The molecule has 7 heteroatoms. The molecular weight excluding hydrogens is 388 g/mol. The van der Waals surface area contributed by atoms with Crippen molar-refractivity contribution in [3.05, 3.63) is 53.1 Å². The topological polar surface area (TPSA) is 75.7 Å². The zero-order valence-corrected chi connectivity index (χ0v) is 18.0. The molecule has 1 heterocycles. The molecular formula is C22H28N2O4S. The molecule has 0 saturated carbocycles. The lowest BCUT2D eigenvalue weighted by atomic mass is 10.1. The van der Waals surface area contributed by atoms with Crippen molar-refractivity contribution in [2.45, 2.75) is 44.4 Å². The number of hydrogen-bond acceptors (Lipinski definition) is 4. The zero-order chi connectivity index (χ0) is 21.0. The van der Waals surface area contributed by atoms with Crippen molar-refractivity contribution in [1.82, 2.24) is 4.31 Å². The molecule has 156 valence electrons. The van der Waals surface area contributed by atoms with E-state index in [0.717, 1.165) is 29.7 Å². The largest absolute Gasteiger partial charge is 0.496 e. The normalized spacial score (nSPS) is 14.7. The summed E-state index contributed by atoms with van der Waals surface area (Å²) in [5.74, 6) is 0.471. The molecule has 0 atom stereocenters. The molecule has 1 saturated heterocycles. The van der Waals surface area contributed by atoms with E-state index in [0.29, 0.717) is 30.8 Å². The minimum atomic E-state index is -3.51. The molecule has 0 aromatic heterocycles. The van der Waals surface area contributed by atoms with Crippen LogP contribution in [-0.4, -0.2) is 38.8 Å². The van der Waals surface area contributed by atoms with Gasteiger partial charge < -0.3 is 10.1 Å². The van der Waals surface area contributed by atoms with Crippen molar-refractivity contribution in [3.63, 3.8) is 0 Å². The van der Waals surface area contributed by atoms with Crippen LogP contribution in [0.3, 0.4) is 0 Å². The summed E-state index contributed by atoms with van der Waals surface area (Å²) in [7, 11) is -1.96. The van der Waals surface area contributed by atoms with Crippen LogP contribution < -0.4 is 10.1 Å². The molecule has 0 unspecified atom stereocenters. The van der Waals surface area contributed by atoms with Gasteiger partial charge in [0.25, 0.3) is 0 Å². The first-order valence-corrected chi connectivity index (χ1v) is 11.3. The molecule has 1 N–H and O–H groups in total. The number of sulfonamides is 1. The maximum Gasteiger partial charge on any atom is 0.243 e. The SMILES string of the molecule is COc1ccc(S(=O)(=O)N2CCCC2)cc1CCC(=O)Nc1cc(C)ccc1C. The molecule has 0 spiro atoms. The van der Waals surface area contributed by atoms with Gasteiger partial charge in [-0.15, -0.1) is 0 Å². The summed E-state index contributed by atoms with van der Waals surface area (Å²) in [5, 5.41) is 2.94. The number of amides is 1. The number of hydrogen-bond donors (Lipinski definition) is 1. The molecule has 0 radical (unpaired) electrons. The molecule has 1 amide bonds. The van der Waals surface area contributed by atoms with Gasteiger partial charge in [-0.25, -0.2) is 8.42 Å². The molecule has 3 rings (SSSR count). The van der Waals surface area contributed by atoms with Crippen LogP contribution in [0.4, 0.5) is 5.69 Å². The van der Waals surface area contributed by atoms with Crippen LogP contribution in [0.5, 0.6) is 5.75 Å². The number of methoxy groups -OCH3 is 1. The lowest BCUT2D eigenvalue weighted by Crippen LogP contribution is -2.28. The van der Waals surface area contributed by atoms with Gasteiger partial charge in [-0.05, 0) is 74.1 Å². The Hall–Kier alpha value is -2.38. The van der Waals surface area contributed by atoms with E-state index in [9.17, 15) is 13.2 Å². The Morgan fingerprint density at radius 3 is 2.52 bits per heavy atom. The first-order chi connectivity index (χ1) is 13.8. The van der Waals surface area contributed by atoms with Crippen molar-refractivity contribution >= 4 is 21.6 Å². The molecule has 2 aromatic carbocycles. The smallest absolute Gasteiger partial charge is 0.243 e. The van der Waals surface area contributed by atoms with Gasteiger partial charge in [-0.1, -0.05) is 12.1 Å². The van der Waals surface area contributed by atoms with Gasteiger partial charge in [-0.3, -0.25) is 4.79 Å². The van der Waals surface area contributed by atoms with Crippen molar-refractivity contribution in [3.8, 4) is 5.75 Å². The Bertz CT molecular complexity index is 996. The second-order valence-corrected chi connectivity index (χ2v) is 9.39. The Kier molecular flexibility index (Phi) is 6.59. The van der Waals surface area contributed by atoms with E-state index in [1.165, 1.54) is 4.31 Å². The molecule has 6 nitrogen and oxygen atoms in total. The Morgan fingerprint density at radius 1 is 1.10 bits per heavy atom. The molecule has 1 aliphatic heterocycles. The fourth-order valence-electron chi connectivity index (χ4n) is 3.52. The predicted molar refractivity (Wildman–Crippen MR) is 114 cm³/mol. The molecule has 29 heavy (non-hydrogen) atoms. The standard InChI is InChI=1S/C22H28N2O4S/c1-16-6-7-17(2)20(14-16)23-22(25)11-8-18-15-19(9-10-21(18)28-3)29(26,27)24-12-4-5-13-24/h6-7,9-10,14-15H,4-5,8,11-13H2,1-3H3,(H,23,25). The maximum absolute atomic E-state index is 12.8. The highest BCUT2D eigenvalue weighted by Gasteiger charge is 2.27. The van der Waals surface area contributed by atoms with E-state index < -0.39 is 10.0 Å². The van der Waals surface area contributed by atoms with E-state index in [1.54, 1.807) is 25.3 Å². The van der Waals surface area contributed by atoms with Gasteiger partial charge in [-0.2, -0.15) is 4.31 Å². The van der Waals surface area contributed by atoms with Gasteiger partial charge in [0.1, 0.15) is 5.75 Å². The summed E-state index contributed by atoms with van der Waals surface area (Å²) < 4.78 is 32.6. The Morgan fingerprint density at radius 2 is 1.83 bits per heavy atom. The van der Waals surface area contributed by atoms with Gasteiger partial charge in [0.15, 0.2) is 0 Å². The summed E-state index contributed by atoms with van der Waals surface area (Å²) >= 11 is 0. The van der Waals surface area contributed by atoms with E-state index in [4.69, 9.17) is 4.74 Å². The number of ether oxygens (including phenoxy) is 1. The van der Waals surface area contributed by atoms with Crippen molar-refractivity contribution in [1.29, 1.82) is 0 Å². The summed E-state index contributed by atoms with van der Waals surface area (Å²) in [4.78, 5) is 12.7. The van der Waals surface area contributed by atoms with Crippen LogP contribution in [0.15, 0.2) is 41.3 Å². The fraction of sp³-hybridized carbons (Fsp3) is 0.409. The van der Waals surface area contributed by atoms with Gasteiger partial charge in [0.2, 0.25) is 15.9 Å². The second-order valence-electron chi connectivity index (χ2n) is 7.45. The number of carbonyl (C=O) groups excluding carboxylic acids is 1. The van der Waals surface area contributed by atoms with Crippen molar-refractivity contribution < 1.29 is 17.9 Å². The van der Waals surface area contributed by atoms with Gasteiger partial charge in [0.05, 0.1) is 12.0 Å². The first-order valence-electron chi connectivity index (χ1n) is 9.85. The van der Waals surface area contributed by atoms with E-state index in [2.05, 4.69) is 5.32 Å². The van der Waals surface area contributed by atoms with Crippen LogP contribution in [0, 0.1) is 13.8 Å². The zero-order valence-electron chi connectivity index (χ0n) is 17.2. The summed E-state index contributed by atoms with van der Waals surface area (Å²) in [6.45, 7) is 5.04. The maximum atomic E-state index is 12.8. The first kappa shape index (κ1) is 21.3. The number of carbonyl (C=O) groups is 1. The Labute approximate surface area is 172 Å². The van der Waals surface area contributed by atoms with E-state index in [1.807, 2.05) is 32.0 Å². The number of nitrogens with one attached hydrogen (secondary N) is 1. The number of rotatable bonds is 7. The van der Waals surface area contributed by atoms with Crippen LogP contribution in [-0.2, 0) is 21.2 Å². The lowest BCUT2D eigenvalue weighted by molar-refractivity contribution is -0.116. The van der Waals surface area contributed by atoms with Crippen LogP contribution in [0.2, 0.25) is 0 Å². The average molecular weight is 417 g/mol. The third-order valence-electron chi connectivity index (χ3n) is 5.24. The number of benzene rings is 2. The number of nitrogens with zero attached hydrogens (tertiary/aromatic N) is 1. The second kappa shape index (κ2) is 8.97. The monoisotopic (exact) mass is 416 g/mol. The minimum absolute atomic E-state index is 0.117. The van der Waals surface area contributed by atoms with Crippen LogP contribution in [0.1, 0.15) is 36.0 Å². The molecule has 1 aliphatic rings. The van der Waals surface area contributed by atoms with E-state index >= 15 is 0 Å². The summed E-state index contributed by atoms with van der Waals surface area (Å²) in [6, 6.07) is 10.8. The highest BCUT2D eigenvalue weighted by molar-refractivity contribution is 7.89.